The largest absolute Gasteiger partial charge is 0.396 e. The van der Waals surface area contributed by atoms with Gasteiger partial charge in [-0.1, -0.05) is 18.2 Å². The first kappa shape index (κ1) is 19.1. The van der Waals surface area contributed by atoms with Gasteiger partial charge in [0.15, 0.2) is 0 Å². The molecule has 1 aromatic carbocycles. The Balaban J connectivity index is 1.82. The number of halogens is 3. The SMILES string of the molecule is O=C(Nc1ccn([C@@H]2O[C@H](CO)C[C@H]2C(F)(F)F)c(=O)n1)c1ccccc1. The van der Waals surface area contributed by atoms with Gasteiger partial charge >= 0.3 is 11.9 Å². The zero-order chi connectivity index (χ0) is 19.6. The molecule has 1 amide bonds. The quantitative estimate of drug-likeness (QED) is 0.842. The Morgan fingerprint density at radius 2 is 2.00 bits per heavy atom. The summed E-state index contributed by atoms with van der Waals surface area (Å²) in [5, 5.41) is 11.5. The Labute approximate surface area is 151 Å². The number of hydrogen-bond donors (Lipinski definition) is 2. The zero-order valence-corrected chi connectivity index (χ0v) is 13.9. The number of carbonyl (C=O) groups excluding carboxylic acids is 1. The van der Waals surface area contributed by atoms with E-state index < -0.39 is 49.1 Å². The third-order valence-electron chi connectivity index (χ3n) is 4.20. The number of ether oxygens (including phenoxy) is 1. The molecule has 0 spiro atoms. The average molecular weight is 383 g/mol. The fourth-order valence-corrected chi connectivity index (χ4v) is 2.87. The van der Waals surface area contributed by atoms with Gasteiger partial charge < -0.3 is 15.2 Å². The van der Waals surface area contributed by atoms with Crippen LogP contribution in [0.4, 0.5) is 19.0 Å². The number of nitrogens with zero attached hydrogens (tertiary/aromatic N) is 2. The van der Waals surface area contributed by atoms with Crippen LogP contribution >= 0.6 is 0 Å². The van der Waals surface area contributed by atoms with E-state index in [1.807, 2.05) is 0 Å². The molecule has 3 atom stereocenters. The molecule has 1 aliphatic rings. The number of aliphatic hydroxyl groups excluding tert-OH is 1. The maximum absolute atomic E-state index is 13.2. The third kappa shape index (κ3) is 4.17. The van der Waals surface area contributed by atoms with Gasteiger partial charge in [0.1, 0.15) is 18.0 Å². The van der Waals surface area contributed by atoms with Crippen molar-refractivity contribution in [3.05, 3.63) is 58.6 Å². The predicted octanol–water partition coefficient (Wildman–Crippen LogP) is 1.95. The van der Waals surface area contributed by atoms with Crippen LogP contribution in [-0.4, -0.2) is 39.5 Å². The summed E-state index contributed by atoms with van der Waals surface area (Å²) >= 11 is 0. The van der Waals surface area contributed by atoms with Crippen molar-refractivity contribution >= 4 is 11.7 Å². The van der Waals surface area contributed by atoms with E-state index in [0.29, 0.717) is 10.1 Å². The molecule has 1 aromatic heterocycles. The van der Waals surface area contributed by atoms with E-state index in [4.69, 9.17) is 9.84 Å². The molecule has 144 valence electrons. The highest BCUT2D eigenvalue weighted by Gasteiger charge is 2.52. The number of anilines is 1. The minimum Gasteiger partial charge on any atom is -0.394 e. The average Bonchev–Trinajstić information content (AvgIpc) is 3.07. The Hall–Kier alpha value is -2.72. The van der Waals surface area contributed by atoms with E-state index in [9.17, 15) is 22.8 Å². The van der Waals surface area contributed by atoms with Crippen molar-refractivity contribution in [3.63, 3.8) is 0 Å². The summed E-state index contributed by atoms with van der Waals surface area (Å²) in [6.07, 6.45) is -6.62. The molecule has 2 aromatic rings. The van der Waals surface area contributed by atoms with Gasteiger partial charge in [-0.25, -0.2) is 4.79 Å². The van der Waals surface area contributed by atoms with Gasteiger partial charge in [0, 0.05) is 11.8 Å². The van der Waals surface area contributed by atoms with Crippen LogP contribution in [0.5, 0.6) is 0 Å². The summed E-state index contributed by atoms with van der Waals surface area (Å²) in [5.74, 6) is -2.55. The van der Waals surface area contributed by atoms with Crippen molar-refractivity contribution in [1.82, 2.24) is 9.55 Å². The normalized spacial score (nSPS) is 22.6. The number of nitrogens with one attached hydrogen (secondary N) is 1. The first-order valence-electron chi connectivity index (χ1n) is 8.08. The standard InChI is InChI=1S/C17H16F3N3O4/c18-17(19,20)12-8-11(9-24)27-15(12)23-7-6-13(22-16(23)26)21-14(25)10-4-2-1-3-5-10/h1-7,11-12,15,24H,8-9H2,(H,21,22,25,26)/t11-,12+,15+/m0/s1. The zero-order valence-electron chi connectivity index (χ0n) is 13.9. The van der Waals surface area contributed by atoms with E-state index in [1.54, 1.807) is 30.3 Å². The number of alkyl halides is 3. The number of amides is 1. The topological polar surface area (TPSA) is 93.5 Å². The van der Waals surface area contributed by atoms with Gasteiger partial charge in [-0.2, -0.15) is 18.2 Å². The van der Waals surface area contributed by atoms with Gasteiger partial charge in [0.25, 0.3) is 5.91 Å². The highest BCUT2D eigenvalue weighted by Crippen LogP contribution is 2.44. The molecule has 3 rings (SSSR count). The molecule has 10 heteroatoms. The molecule has 7 nitrogen and oxygen atoms in total. The molecule has 1 fully saturated rings. The Morgan fingerprint density at radius 1 is 1.30 bits per heavy atom. The van der Waals surface area contributed by atoms with Crippen LogP contribution in [0.25, 0.3) is 0 Å². The minimum atomic E-state index is -4.60. The molecule has 27 heavy (non-hydrogen) atoms. The highest BCUT2D eigenvalue weighted by atomic mass is 19.4. The van der Waals surface area contributed by atoms with Crippen LogP contribution in [0, 0.1) is 5.92 Å². The minimum absolute atomic E-state index is 0.0923. The fourth-order valence-electron chi connectivity index (χ4n) is 2.87. The molecule has 1 aliphatic heterocycles. The van der Waals surface area contributed by atoms with E-state index >= 15 is 0 Å². The fraction of sp³-hybridized carbons (Fsp3) is 0.353. The van der Waals surface area contributed by atoms with Crippen LogP contribution in [0.3, 0.4) is 0 Å². The van der Waals surface area contributed by atoms with Gasteiger partial charge in [0.05, 0.1) is 12.7 Å². The number of carbonyl (C=O) groups is 1. The van der Waals surface area contributed by atoms with Crippen LogP contribution in [0.1, 0.15) is 23.0 Å². The van der Waals surface area contributed by atoms with Crippen molar-refractivity contribution < 1.29 is 27.8 Å². The van der Waals surface area contributed by atoms with Crippen molar-refractivity contribution in [2.45, 2.75) is 24.9 Å². The molecule has 0 bridgehead atoms. The molecular weight excluding hydrogens is 367 g/mol. The summed E-state index contributed by atoms with van der Waals surface area (Å²) in [6.45, 7) is -0.587. The summed E-state index contributed by atoms with van der Waals surface area (Å²) in [6, 6.07) is 9.39. The predicted molar refractivity (Wildman–Crippen MR) is 88.0 cm³/mol. The first-order chi connectivity index (χ1) is 12.8. The third-order valence-corrected chi connectivity index (χ3v) is 4.20. The summed E-state index contributed by atoms with van der Waals surface area (Å²) in [5.41, 5.74) is -0.663. The van der Waals surface area contributed by atoms with Crippen LogP contribution in [0.15, 0.2) is 47.4 Å². The van der Waals surface area contributed by atoms with Crippen LogP contribution < -0.4 is 11.0 Å². The van der Waals surface area contributed by atoms with Crippen molar-refractivity contribution in [2.24, 2.45) is 5.92 Å². The van der Waals surface area contributed by atoms with Crippen molar-refractivity contribution in [3.8, 4) is 0 Å². The van der Waals surface area contributed by atoms with E-state index in [2.05, 4.69) is 10.3 Å². The number of aromatic nitrogens is 2. The molecule has 0 radical (unpaired) electrons. The number of hydrogen-bond acceptors (Lipinski definition) is 5. The Kier molecular flexibility index (Phi) is 5.29. The summed E-state index contributed by atoms with van der Waals surface area (Å²) < 4.78 is 45.6. The van der Waals surface area contributed by atoms with Crippen LogP contribution in [0.2, 0.25) is 0 Å². The van der Waals surface area contributed by atoms with E-state index in [-0.39, 0.29) is 5.82 Å². The molecule has 1 saturated heterocycles. The molecule has 2 N–H and O–H groups in total. The monoisotopic (exact) mass is 383 g/mol. The number of rotatable bonds is 4. The molecule has 0 aliphatic carbocycles. The Morgan fingerprint density at radius 3 is 2.59 bits per heavy atom. The molecule has 0 unspecified atom stereocenters. The lowest BCUT2D eigenvalue weighted by molar-refractivity contribution is -0.198. The van der Waals surface area contributed by atoms with Crippen LogP contribution in [-0.2, 0) is 4.74 Å². The van der Waals surface area contributed by atoms with Gasteiger partial charge in [-0.05, 0) is 24.6 Å². The lowest BCUT2D eigenvalue weighted by Gasteiger charge is -2.22. The van der Waals surface area contributed by atoms with Crippen molar-refractivity contribution in [1.29, 1.82) is 0 Å². The lowest BCUT2D eigenvalue weighted by atomic mass is 10.0. The Bertz CT molecular complexity index is 870. The summed E-state index contributed by atoms with van der Waals surface area (Å²) in [4.78, 5) is 27.9. The maximum Gasteiger partial charge on any atom is 0.396 e. The van der Waals surface area contributed by atoms with E-state index in [0.717, 1.165) is 6.20 Å². The number of aliphatic hydroxyl groups is 1. The smallest absolute Gasteiger partial charge is 0.394 e. The second-order valence-corrected chi connectivity index (χ2v) is 6.04. The molecule has 0 saturated carbocycles. The highest BCUT2D eigenvalue weighted by molar-refractivity contribution is 6.03. The molecular formula is C17H16F3N3O4. The second kappa shape index (κ2) is 7.49. The molecule has 2 heterocycles. The second-order valence-electron chi connectivity index (χ2n) is 6.04. The lowest BCUT2D eigenvalue weighted by Crippen LogP contribution is -2.35. The summed E-state index contributed by atoms with van der Waals surface area (Å²) in [7, 11) is 0. The van der Waals surface area contributed by atoms with Crippen molar-refractivity contribution in [2.75, 3.05) is 11.9 Å². The first-order valence-corrected chi connectivity index (χ1v) is 8.08. The van der Waals surface area contributed by atoms with Gasteiger partial charge in [-0.3, -0.25) is 9.36 Å². The maximum atomic E-state index is 13.2. The van der Waals surface area contributed by atoms with Gasteiger partial charge in [0.2, 0.25) is 0 Å². The number of benzene rings is 1. The van der Waals surface area contributed by atoms with E-state index in [1.165, 1.54) is 6.07 Å². The van der Waals surface area contributed by atoms with Gasteiger partial charge in [-0.15, -0.1) is 0 Å².